The normalized spacial score (nSPS) is 28.6. The summed E-state index contributed by atoms with van der Waals surface area (Å²) in [7, 11) is 0. The summed E-state index contributed by atoms with van der Waals surface area (Å²) in [4.78, 5) is 0. The molecule has 374 valence electrons. The number of halogens is 9. The second-order valence-electron chi connectivity index (χ2n) is 19.4. The van der Waals surface area contributed by atoms with E-state index in [1.165, 1.54) is 44.1 Å². The Morgan fingerprint density at radius 2 is 0.631 bits per heavy atom. The van der Waals surface area contributed by atoms with Crippen LogP contribution in [0.4, 0.5) is 0 Å². The summed E-state index contributed by atoms with van der Waals surface area (Å²) in [5.41, 5.74) is 9.35. The minimum atomic E-state index is -0.215. The van der Waals surface area contributed by atoms with Crippen molar-refractivity contribution in [3.05, 3.63) is 73.1 Å². The molecule has 3 fully saturated rings. The quantitative estimate of drug-likeness (QED) is 0.110. The molecule has 0 saturated heterocycles. The average molecular weight is 1480 g/mol. The summed E-state index contributed by atoms with van der Waals surface area (Å²) in [6.07, 6.45) is 22.2. The Morgan fingerprint density at radius 1 is 0.431 bits per heavy atom. The van der Waals surface area contributed by atoms with Gasteiger partial charge in [0, 0.05) is 27.1 Å². The van der Waals surface area contributed by atoms with Crippen molar-refractivity contribution in [1.82, 2.24) is 0 Å². The van der Waals surface area contributed by atoms with Crippen LogP contribution in [0.2, 0.25) is 0 Å². The zero-order chi connectivity index (χ0) is 48.7. The van der Waals surface area contributed by atoms with Gasteiger partial charge in [0.2, 0.25) is 0 Å². The van der Waals surface area contributed by atoms with E-state index in [0.717, 1.165) is 19.3 Å². The molecule has 0 radical (unpaired) electrons. The first kappa shape index (κ1) is 78.0. The third kappa shape index (κ3) is 19.0. The number of allylic oxidation sites excluding steroid dienone is 9. The number of aliphatic hydroxyl groups is 2. The molecule has 13 heteroatoms. The minimum Gasteiger partial charge on any atom is -0.395 e. The zero-order valence-corrected chi connectivity index (χ0v) is 59.2. The van der Waals surface area contributed by atoms with Gasteiger partial charge in [-0.15, -0.1) is 0 Å². The Kier molecular flexibility index (Phi) is 36.0. The molecule has 0 aliphatic heterocycles. The first-order valence-electron chi connectivity index (χ1n) is 22.5. The molecule has 2 N–H and O–H groups in total. The van der Waals surface area contributed by atoms with Crippen LogP contribution < -0.4 is 37.7 Å². The number of aliphatic hydroxyl groups excluding tert-OH is 2. The topological polar surface area (TPSA) is 40.5 Å². The number of alkyl halides is 9. The fourth-order valence-electron chi connectivity index (χ4n) is 6.87. The summed E-state index contributed by atoms with van der Waals surface area (Å²) in [6, 6.07) is 0. The average Bonchev–Trinajstić information content (AvgIpc) is 3.96. The van der Waals surface area contributed by atoms with E-state index in [-0.39, 0.29) is 93.9 Å². The van der Waals surface area contributed by atoms with Crippen LogP contribution in [-0.2, 0) is 0 Å². The van der Waals surface area contributed by atoms with Gasteiger partial charge in [0.15, 0.2) is 0 Å². The molecule has 65 heavy (non-hydrogen) atoms. The van der Waals surface area contributed by atoms with Crippen molar-refractivity contribution >= 4 is 143 Å². The standard InChI is InChI=1S/2C7H11Br3.2C7H12.C6H9Br3O.2C5H8.C4H6O.C2H6.2CH3.2Li/c2*1-4-6(8)5(2,3)7(6,9)10;2*1-4-6-5-7(6,2)3;1-4(2)5(7,3-10)6(4,8)9;2*1-2-5-3-4-5;5-3-4-1-2-4;1-2;;;;/h2*4H2,1-3H3;2*5H,4H2,1-3H3;10H,3H2,1-2H3;2*3H,2,4H2,1H3;1,5H,2-3H2;1-2H3;2*1H3;;/q;;;;;;;;;2*-1;2*+1. The minimum absolute atomic E-state index is 0. The van der Waals surface area contributed by atoms with E-state index < -0.39 is 0 Å². The van der Waals surface area contributed by atoms with Gasteiger partial charge in [-0.25, -0.2) is 0 Å². The van der Waals surface area contributed by atoms with E-state index in [9.17, 15) is 0 Å². The van der Waals surface area contributed by atoms with Gasteiger partial charge in [-0.05, 0) is 63.4 Å². The van der Waals surface area contributed by atoms with Crippen LogP contribution in [-0.4, -0.2) is 46.1 Å². The maximum Gasteiger partial charge on any atom is 1.00 e. The molecule has 0 bridgehead atoms. The fraction of sp³-hybridized carbons (Fsp3) is 0.769. The third-order valence-corrected chi connectivity index (χ3v) is 33.1. The summed E-state index contributed by atoms with van der Waals surface area (Å²) in [5, 5.41) is 17.2. The predicted octanol–water partition coefficient (Wildman–Crippen LogP) is 15.2. The molecule has 2 nitrogen and oxygen atoms in total. The van der Waals surface area contributed by atoms with Crippen LogP contribution in [0.3, 0.4) is 0 Å². The van der Waals surface area contributed by atoms with E-state index in [1.54, 1.807) is 22.3 Å². The van der Waals surface area contributed by atoms with E-state index in [1.807, 2.05) is 19.9 Å². The Morgan fingerprint density at radius 3 is 0.631 bits per heavy atom. The van der Waals surface area contributed by atoms with E-state index in [2.05, 4.69) is 278 Å². The van der Waals surface area contributed by atoms with Crippen LogP contribution >= 0.6 is 143 Å². The van der Waals surface area contributed by atoms with E-state index >= 15 is 0 Å². The van der Waals surface area contributed by atoms with Crippen LogP contribution in [0.5, 0.6) is 0 Å². The SMILES string of the molecule is CC.CC1(C)C(Br)(Br)C1(Br)CO.CCC1(Br)C(C)(C)C1(Br)Br.CCC1(Br)C(C)(C)C1(Br)Br.CCC1=CC1.CCC1=CC1.CCC1=CC1(C)C.CCC1=CC1(C)C.OCC1=CC1.[CH3-].[CH3-].[Li+].[Li+]. The Balaban J connectivity index is -0.000000211. The van der Waals surface area contributed by atoms with Gasteiger partial charge < -0.3 is 25.1 Å². The predicted molar refractivity (Wildman–Crippen MR) is 320 cm³/mol. The van der Waals surface area contributed by atoms with Crippen molar-refractivity contribution < 1.29 is 47.9 Å². The summed E-state index contributed by atoms with van der Waals surface area (Å²) >= 11 is 32.6. The van der Waals surface area contributed by atoms with Crippen molar-refractivity contribution in [2.24, 2.45) is 27.1 Å². The second kappa shape index (κ2) is 30.0. The van der Waals surface area contributed by atoms with Crippen LogP contribution in [0.15, 0.2) is 58.2 Å². The number of hydrogen-bond acceptors (Lipinski definition) is 2. The van der Waals surface area contributed by atoms with Crippen molar-refractivity contribution in [2.75, 3.05) is 13.2 Å². The summed E-state index contributed by atoms with van der Waals surface area (Å²) in [6.45, 7) is 39.8. The van der Waals surface area contributed by atoms with Gasteiger partial charge in [-0.3, -0.25) is 0 Å². The maximum absolute atomic E-state index is 9.03. The Labute approximate surface area is 503 Å². The summed E-state index contributed by atoms with van der Waals surface area (Å²) < 4.78 is 0.269. The third-order valence-electron chi connectivity index (χ3n) is 13.7. The molecule has 3 saturated carbocycles. The molecule has 0 amide bonds. The zero-order valence-electron chi connectivity index (χ0n) is 45.0. The first-order chi connectivity index (χ1) is 27.6. The molecule has 0 aromatic heterocycles. The molecule has 3 unspecified atom stereocenters. The summed E-state index contributed by atoms with van der Waals surface area (Å²) in [5.74, 6) is 0. The molecule has 8 aliphatic rings. The number of rotatable bonds is 8. The van der Waals surface area contributed by atoms with Crippen LogP contribution in [0, 0.1) is 41.9 Å². The van der Waals surface area contributed by atoms with Gasteiger partial charge in [0.1, 0.15) is 9.70 Å². The van der Waals surface area contributed by atoms with E-state index in [4.69, 9.17) is 10.2 Å². The largest absolute Gasteiger partial charge is 1.00 e. The van der Waals surface area contributed by atoms with Crippen molar-refractivity contribution in [1.29, 1.82) is 0 Å². The van der Waals surface area contributed by atoms with Gasteiger partial charge in [0.25, 0.3) is 0 Å². The van der Waals surface area contributed by atoms with Gasteiger partial charge in [0.05, 0.1) is 26.2 Å². The molecule has 0 spiro atoms. The van der Waals surface area contributed by atoms with Crippen molar-refractivity contribution in [3.63, 3.8) is 0 Å². The molecule has 8 aliphatic carbocycles. The molecular formula is C52H89Br9Li2O2. The Hall–Kier alpha value is 4.13. The maximum atomic E-state index is 9.03. The fourth-order valence-corrected chi connectivity index (χ4v) is 16.3. The molecule has 0 aromatic rings. The smallest absolute Gasteiger partial charge is 0.395 e. The monoisotopic (exact) mass is 1470 g/mol. The van der Waals surface area contributed by atoms with Gasteiger partial charge >= 0.3 is 37.7 Å². The van der Waals surface area contributed by atoms with Crippen LogP contribution in [0.25, 0.3) is 0 Å². The van der Waals surface area contributed by atoms with Gasteiger partial charge in [-0.2, -0.15) is 0 Å². The molecule has 8 rings (SSSR count). The second-order valence-corrected chi connectivity index (χ2v) is 33.8. The molecule has 0 heterocycles. The first-order valence-corrected chi connectivity index (χ1v) is 29.6. The molecular weight excluding hydrogens is 1390 g/mol. The molecule has 0 aromatic carbocycles. The van der Waals surface area contributed by atoms with Crippen molar-refractivity contribution in [2.45, 2.75) is 205 Å². The van der Waals surface area contributed by atoms with Crippen LogP contribution in [0.1, 0.15) is 182 Å². The van der Waals surface area contributed by atoms with E-state index in [0.29, 0.717) is 21.7 Å². The Bertz CT molecular complexity index is 1390. The van der Waals surface area contributed by atoms with Crippen molar-refractivity contribution in [3.8, 4) is 0 Å². The molecule has 3 atom stereocenters. The van der Waals surface area contributed by atoms with Gasteiger partial charge in [-0.1, -0.05) is 321 Å². The number of hydrogen-bond donors (Lipinski definition) is 2.